The van der Waals surface area contributed by atoms with Crippen LogP contribution >= 0.6 is 6.64 Å². The minimum Gasteiger partial charge on any atom is -0.464 e. The van der Waals surface area contributed by atoms with Crippen LogP contribution in [0.5, 0.6) is 5.75 Å². The van der Waals surface area contributed by atoms with Gasteiger partial charge in [-0.2, -0.15) is 0 Å². The molecule has 1 fully saturated rings. The molecule has 2 heterocycles. The number of carbonyl (C=O) groups is 1. The molecule has 2 unspecified atom stereocenters. The van der Waals surface area contributed by atoms with E-state index in [9.17, 15) is 24.6 Å². The molecule has 2 aromatic rings. The van der Waals surface area contributed by atoms with Crippen molar-refractivity contribution in [3.63, 3.8) is 0 Å². The first-order valence-electron chi connectivity index (χ1n) is 11.9. The third-order valence-electron chi connectivity index (χ3n) is 5.59. The van der Waals surface area contributed by atoms with E-state index in [1.165, 1.54) is 6.92 Å². The van der Waals surface area contributed by atoms with Crippen LogP contribution < -0.4 is 20.9 Å². The molecule has 6 atom stereocenters. The molecule has 14 heteroatoms. The van der Waals surface area contributed by atoms with Crippen LogP contribution in [-0.4, -0.2) is 62.8 Å². The lowest BCUT2D eigenvalue weighted by Gasteiger charge is -2.29. The van der Waals surface area contributed by atoms with Gasteiger partial charge in [-0.05, 0) is 43.2 Å². The molecule has 12 nitrogen and oxygen atoms in total. The predicted molar refractivity (Wildman–Crippen MR) is 142 cm³/mol. The van der Waals surface area contributed by atoms with Gasteiger partial charge in [-0.1, -0.05) is 39.0 Å². The largest absolute Gasteiger partial charge is 0.464 e. The number of ether oxygens (including phenoxy) is 2. The fourth-order valence-corrected chi connectivity index (χ4v) is 5.99. The van der Waals surface area contributed by atoms with Crippen LogP contribution in [-0.2, 0) is 30.6 Å². The van der Waals surface area contributed by atoms with Crippen LogP contribution in [0.25, 0.3) is 0 Å². The van der Waals surface area contributed by atoms with Gasteiger partial charge < -0.3 is 28.7 Å². The number of hydrogen-bond donors (Lipinski definition) is 4. The summed E-state index contributed by atoms with van der Waals surface area (Å²) >= 11 is 5.68. The first kappa shape index (κ1) is 30.2. The molecular formula is C24H34N3O9PS. The molecule has 0 bridgehead atoms. The highest BCUT2D eigenvalue weighted by Gasteiger charge is 2.53. The smallest absolute Gasteiger partial charge is 0.330 e. The van der Waals surface area contributed by atoms with Gasteiger partial charge >= 0.3 is 18.3 Å². The van der Waals surface area contributed by atoms with Gasteiger partial charge in [0.1, 0.15) is 29.6 Å². The lowest BCUT2D eigenvalue weighted by atomic mass is 9.96. The zero-order valence-corrected chi connectivity index (χ0v) is 23.5. The van der Waals surface area contributed by atoms with Crippen molar-refractivity contribution in [3.8, 4) is 5.75 Å². The Labute approximate surface area is 225 Å². The zero-order chi connectivity index (χ0) is 28.3. The summed E-state index contributed by atoms with van der Waals surface area (Å²) in [6.07, 6.45) is -2.81. The minimum atomic E-state index is -3.45. The fraction of sp³-hybridized carbons (Fsp3) is 0.542. The molecule has 0 saturated carbocycles. The molecule has 210 valence electrons. The van der Waals surface area contributed by atoms with E-state index in [1.807, 2.05) is 20.8 Å². The molecule has 1 aromatic carbocycles. The summed E-state index contributed by atoms with van der Waals surface area (Å²) in [5.74, 6) is -0.164. The van der Waals surface area contributed by atoms with Gasteiger partial charge in [-0.15, -0.1) is 0 Å². The average Bonchev–Trinajstić information content (AvgIpc) is 3.04. The number of nitrogens with one attached hydrogen (secondary N) is 2. The molecule has 0 aliphatic carbocycles. The van der Waals surface area contributed by atoms with Crippen molar-refractivity contribution in [2.24, 2.45) is 5.41 Å². The van der Waals surface area contributed by atoms with Gasteiger partial charge in [0.05, 0.1) is 13.2 Å². The Morgan fingerprint density at radius 1 is 1.29 bits per heavy atom. The Kier molecular flexibility index (Phi) is 9.36. The monoisotopic (exact) mass is 571 g/mol. The molecule has 4 N–H and O–H groups in total. The zero-order valence-electron chi connectivity index (χ0n) is 21.8. The Bertz CT molecular complexity index is 1280. The summed E-state index contributed by atoms with van der Waals surface area (Å²) in [4.78, 5) is 38.4. The number of aromatic nitrogens is 2. The van der Waals surface area contributed by atoms with E-state index in [1.54, 1.807) is 37.3 Å². The van der Waals surface area contributed by atoms with Crippen LogP contribution in [0, 0.1) is 5.41 Å². The number of aromatic amines is 1. The van der Waals surface area contributed by atoms with E-state index in [0.717, 1.165) is 16.8 Å². The number of para-hydroxylation sites is 1. The Morgan fingerprint density at radius 2 is 1.95 bits per heavy atom. The molecule has 1 aliphatic rings. The SMILES string of the molecule is CC(NP(=S)(OC[C@H]1O[C@@H](n2ccc(=O)[nH]c2=O)[C@](C)(O)[C@@H]1O)Oc1ccccc1)C(=O)OCC(C)(C)C. The van der Waals surface area contributed by atoms with Gasteiger partial charge in [0.25, 0.3) is 5.56 Å². The van der Waals surface area contributed by atoms with E-state index >= 15 is 0 Å². The van der Waals surface area contributed by atoms with Crippen LogP contribution in [0.15, 0.2) is 52.2 Å². The number of nitrogens with zero attached hydrogens (tertiary/aromatic N) is 1. The van der Waals surface area contributed by atoms with Gasteiger partial charge in [-0.25, -0.2) is 9.88 Å². The molecule has 1 aliphatic heterocycles. The van der Waals surface area contributed by atoms with E-state index in [2.05, 4.69) is 10.1 Å². The molecular weight excluding hydrogens is 537 g/mol. The predicted octanol–water partition coefficient (Wildman–Crippen LogP) is 1.43. The molecule has 38 heavy (non-hydrogen) atoms. The highest BCUT2D eigenvalue weighted by Crippen LogP contribution is 2.47. The van der Waals surface area contributed by atoms with Crippen molar-refractivity contribution in [2.45, 2.75) is 64.7 Å². The summed E-state index contributed by atoms with van der Waals surface area (Å²) < 4.78 is 24.0. The van der Waals surface area contributed by atoms with Crippen LogP contribution in [0.4, 0.5) is 0 Å². The normalized spacial score (nSPS) is 25.9. The Morgan fingerprint density at radius 3 is 2.55 bits per heavy atom. The summed E-state index contributed by atoms with van der Waals surface area (Å²) in [6.45, 7) is 5.04. The van der Waals surface area contributed by atoms with Crippen molar-refractivity contribution < 1.29 is 33.5 Å². The standard InChI is InChI=1S/C24H34N3O9PS/c1-15(20(30)33-14-23(2,3)4)26-37(38,36-16-9-7-6-8-10-16)34-13-17-19(29)24(5,32)21(35-17)27-12-11-18(28)25-22(27)31/h6-12,15,17,19,21,29,32H,13-14H2,1-5H3,(H,26,38)(H,25,28,31)/t15?,17-,19-,21-,24-,37?/m1/s1. The van der Waals surface area contributed by atoms with Crippen molar-refractivity contribution in [1.82, 2.24) is 14.6 Å². The third-order valence-corrected chi connectivity index (χ3v) is 8.09. The van der Waals surface area contributed by atoms with Gasteiger partial charge in [0.15, 0.2) is 6.23 Å². The Hall–Kier alpha value is -2.38. The second kappa shape index (κ2) is 11.8. The van der Waals surface area contributed by atoms with Crippen molar-refractivity contribution in [1.29, 1.82) is 0 Å². The fourth-order valence-electron chi connectivity index (χ4n) is 3.57. The maximum Gasteiger partial charge on any atom is 0.330 e. The molecule has 0 radical (unpaired) electrons. The first-order valence-corrected chi connectivity index (χ1v) is 14.6. The molecule has 1 aromatic heterocycles. The van der Waals surface area contributed by atoms with Gasteiger partial charge in [-0.3, -0.25) is 19.1 Å². The average molecular weight is 572 g/mol. The molecule has 3 rings (SSSR count). The maximum absolute atomic E-state index is 12.6. The number of rotatable bonds is 10. The highest BCUT2D eigenvalue weighted by atomic mass is 32.5. The summed E-state index contributed by atoms with van der Waals surface area (Å²) in [5, 5.41) is 24.6. The van der Waals surface area contributed by atoms with Gasteiger partial charge in [0, 0.05) is 12.3 Å². The number of hydrogen-bond acceptors (Lipinski definition) is 10. The second-order valence-corrected chi connectivity index (χ2v) is 13.6. The van der Waals surface area contributed by atoms with Crippen molar-refractivity contribution in [3.05, 3.63) is 63.4 Å². The van der Waals surface area contributed by atoms with Crippen LogP contribution in [0.2, 0.25) is 0 Å². The van der Waals surface area contributed by atoms with E-state index in [-0.39, 0.29) is 18.6 Å². The number of H-pyrrole nitrogens is 1. The lowest BCUT2D eigenvalue weighted by Crippen LogP contribution is -2.47. The number of aliphatic hydroxyl groups excluding tert-OH is 1. The van der Waals surface area contributed by atoms with Gasteiger partial charge in [0.2, 0.25) is 0 Å². The lowest BCUT2D eigenvalue weighted by molar-refractivity contribution is -0.148. The number of carbonyl (C=O) groups excluding carboxylic acids is 1. The summed E-state index contributed by atoms with van der Waals surface area (Å²) in [6, 6.07) is 8.80. The molecule has 0 spiro atoms. The van der Waals surface area contributed by atoms with Crippen LogP contribution in [0.1, 0.15) is 40.8 Å². The first-order chi connectivity index (χ1) is 17.6. The topological polar surface area (TPSA) is 161 Å². The third kappa shape index (κ3) is 7.60. The quantitative estimate of drug-likeness (QED) is 0.241. The molecule has 0 amide bonds. The number of esters is 1. The van der Waals surface area contributed by atoms with Crippen molar-refractivity contribution in [2.75, 3.05) is 13.2 Å². The minimum absolute atomic E-state index is 0.198. The Balaban J connectivity index is 1.78. The van der Waals surface area contributed by atoms with Crippen molar-refractivity contribution >= 4 is 24.4 Å². The van der Waals surface area contributed by atoms with E-state index < -0.39 is 53.9 Å². The number of benzene rings is 1. The molecule has 1 saturated heterocycles. The van der Waals surface area contributed by atoms with E-state index in [0.29, 0.717) is 5.75 Å². The number of aliphatic hydroxyl groups is 2. The second-order valence-electron chi connectivity index (χ2n) is 10.4. The van der Waals surface area contributed by atoms with Crippen LogP contribution in [0.3, 0.4) is 0 Å². The van der Waals surface area contributed by atoms with E-state index in [4.69, 9.17) is 30.3 Å². The summed E-state index contributed by atoms with van der Waals surface area (Å²) in [5.41, 5.74) is -3.59. The highest BCUT2D eigenvalue weighted by molar-refractivity contribution is 8.09. The summed E-state index contributed by atoms with van der Waals surface area (Å²) in [7, 11) is 0. The maximum atomic E-state index is 12.6.